The molecule has 6 nitrogen and oxygen atoms in total. The minimum Gasteiger partial charge on any atom is -0.339 e. The molecule has 0 radical (unpaired) electrons. The highest BCUT2D eigenvalue weighted by Crippen LogP contribution is 2.22. The van der Waals surface area contributed by atoms with E-state index < -0.39 is 0 Å². The monoisotopic (exact) mass is 429 g/mol. The topological polar surface area (TPSA) is 53.4 Å². The minimum atomic E-state index is -0.0406. The van der Waals surface area contributed by atoms with Crippen LogP contribution in [-0.2, 0) is 4.79 Å². The molecule has 0 unspecified atom stereocenters. The zero-order valence-corrected chi connectivity index (χ0v) is 17.3. The van der Waals surface area contributed by atoms with Crippen LogP contribution >= 0.6 is 23.2 Å². The molecule has 0 aliphatic carbocycles. The van der Waals surface area contributed by atoms with E-state index in [1.165, 1.54) is 0 Å². The fourth-order valence-electron chi connectivity index (χ4n) is 3.43. The molecular formula is C21H21Cl2N5O. The number of benzene rings is 2. The molecule has 150 valence electrons. The number of anilines is 2. The van der Waals surface area contributed by atoms with E-state index in [0.717, 1.165) is 37.8 Å². The maximum atomic E-state index is 12.3. The third-order valence-corrected chi connectivity index (χ3v) is 5.31. The van der Waals surface area contributed by atoms with Gasteiger partial charge in [0.05, 0.1) is 6.54 Å². The Morgan fingerprint density at radius 3 is 2.45 bits per heavy atom. The van der Waals surface area contributed by atoms with Gasteiger partial charge in [0.2, 0.25) is 11.9 Å². The van der Waals surface area contributed by atoms with E-state index in [2.05, 4.69) is 20.1 Å². The average Bonchev–Trinajstić information content (AvgIpc) is 3.18. The van der Waals surface area contributed by atoms with E-state index in [0.29, 0.717) is 22.3 Å². The maximum absolute atomic E-state index is 12.3. The van der Waals surface area contributed by atoms with Crippen molar-refractivity contribution in [1.82, 2.24) is 14.5 Å². The van der Waals surface area contributed by atoms with E-state index in [9.17, 15) is 4.79 Å². The number of amides is 1. The van der Waals surface area contributed by atoms with E-state index in [1.807, 2.05) is 47.2 Å². The van der Waals surface area contributed by atoms with Crippen LogP contribution in [0.2, 0.25) is 10.0 Å². The summed E-state index contributed by atoms with van der Waals surface area (Å²) in [5.41, 5.74) is 1.69. The second-order valence-electron chi connectivity index (χ2n) is 6.90. The summed E-state index contributed by atoms with van der Waals surface area (Å²) in [7, 11) is 0. The Morgan fingerprint density at radius 1 is 1.00 bits per heavy atom. The van der Waals surface area contributed by atoms with Gasteiger partial charge >= 0.3 is 0 Å². The first-order valence-corrected chi connectivity index (χ1v) is 10.2. The number of hydrogen-bond donors (Lipinski definition) is 1. The number of nitrogens with zero attached hydrogens (tertiary/aromatic N) is 4. The van der Waals surface area contributed by atoms with Crippen LogP contribution in [0.5, 0.6) is 0 Å². The lowest BCUT2D eigenvalue weighted by molar-refractivity contribution is -0.117. The Hall–Kier alpha value is -2.54. The molecule has 1 aliphatic rings. The Kier molecular flexibility index (Phi) is 6.04. The van der Waals surface area contributed by atoms with Crippen LogP contribution < -0.4 is 10.2 Å². The fourth-order valence-corrected chi connectivity index (χ4v) is 3.81. The Morgan fingerprint density at radius 2 is 1.72 bits per heavy atom. The van der Waals surface area contributed by atoms with Crippen LogP contribution in [0, 0.1) is 0 Å². The Labute approximate surface area is 179 Å². The van der Waals surface area contributed by atoms with Gasteiger partial charge in [-0.15, -0.1) is 0 Å². The molecule has 2 aromatic carbocycles. The van der Waals surface area contributed by atoms with Gasteiger partial charge < -0.3 is 10.2 Å². The normalized spacial score (nSPS) is 14.8. The van der Waals surface area contributed by atoms with Gasteiger partial charge in [-0.1, -0.05) is 35.3 Å². The number of piperazine rings is 1. The van der Waals surface area contributed by atoms with Crippen molar-refractivity contribution in [2.45, 2.75) is 0 Å². The lowest BCUT2D eigenvalue weighted by Gasteiger charge is -2.35. The number of imidazole rings is 1. The molecule has 0 spiro atoms. The van der Waals surface area contributed by atoms with Crippen LogP contribution in [0.25, 0.3) is 5.69 Å². The predicted molar refractivity (Wildman–Crippen MR) is 117 cm³/mol. The predicted octanol–water partition coefficient (Wildman–Crippen LogP) is 3.94. The van der Waals surface area contributed by atoms with Crippen molar-refractivity contribution in [1.29, 1.82) is 0 Å². The van der Waals surface area contributed by atoms with Crippen LogP contribution in [-0.4, -0.2) is 53.1 Å². The molecule has 1 saturated heterocycles. The van der Waals surface area contributed by atoms with E-state index in [-0.39, 0.29) is 5.91 Å². The molecule has 3 aromatic rings. The second-order valence-corrected chi connectivity index (χ2v) is 7.77. The SMILES string of the molecule is O=C(CN1CCN(c2nccn2-c2cccc(Cl)c2)CC1)Nc1cccc(Cl)c1. The summed E-state index contributed by atoms with van der Waals surface area (Å²) in [6, 6.07) is 14.9. The third kappa shape index (κ3) is 4.90. The van der Waals surface area contributed by atoms with E-state index >= 15 is 0 Å². The molecule has 2 heterocycles. The van der Waals surface area contributed by atoms with Crippen molar-refractivity contribution >= 4 is 40.7 Å². The van der Waals surface area contributed by atoms with Gasteiger partial charge in [0.25, 0.3) is 0 Å². The second kappa shape index (κ2) is 8.86. The summed E-state index contributed by atoms with van der Waals surface area (Å²) >= 11 is 12.1. The quantitative estimate of drug-likeness (QED) is 0.667. The van der Waals surface area contributed by atoms with Gasteiger partial charge in [0, 0.05) is 60.0 Å². The zero-order chi connectivity index (χ0) is 20.2. The lowest BCUT2D eigenvalue weighted by atomic mass is 10.3. The number of rotatable bonds is 5. The first-order valence-electron chi connectivity index (χ1n) is 9.40. The standard InChI is InChI=1S/C21H21Cl2N5O/c22-16-3-1-5-18(13-16)25-20(29)15-26-9-11-27(12-10-26)21-24-7-8-28(21)19-6-2-4-17(23)14-19/h1-8,13-14H,9-12,15H2,(H,25,29). The van der Waals surface area contributed by atoms with Crippen molar-refractivity contribution in [2.24, 2.45) is 0 Å². The first kappa shape index (κ1) is 19.8. The average molecular weight is 430 g/mol. The summed E-state index contributed by atoms with van der Waals surface area (Å²) in [4.78, 5) is 21.2. The number of hydrogen-bond acceptors (Lipinski definition) is 4. The van der Waals surface area contributed by atoms with Gasteiger partial charge in [0.1, 0.15) is 0 Å². The summed E-state index contributed by atoms with van der Waals surface area (Å²) in [6.07, 6.45) is 3.73. The molecule has 1 aliphatic heterocycles. The largest absolute Gasteiger partial charge is 0.339 e. The lowest BCUT2D eigenvalue weighted by Crippen LogP contribution is -2.49. The summed E-state index contributed by atoms with van der Waals surface area (Å²) < 4.78 is 2.04. The Balaban J connectivity index is 1.34. The molecule has 4 rings (SSSR count). The molecule has 0 saturated carbocycles. The number of halogens is 2. The van der Waals surface area contributed by atoms with Crippen molar-refractivity contribution in [2.75, 3.05) is 42.9 Å². The van der Waals surface area contributed by atoms with Crippen LogP contribution in [0.15, 0.2) is 60.9 Å². The highest BCUT2D eigenvalue weighted by Gasteiger charge is 2.22. The molecule has 0 atom stereocenters. The van der Waals surface area contributed by atoms with Crippen LogP contribution in [0.4, 0.5) is 11.6 Å². The van der Waals surface area contributed by atoms with Crippen LogP contribution in [0.3, 0.4) is 0 Å². The molecule has 1 fully saturated rings. The Bertz CT molecular complexity index is 998. The summed E-state index contributed by atoms with van der Waals surface area (Å²) in [5.74, 6) is 0.844. The molecule has 0 bridgehead atoms. The van der Waals surface area contributed by atoms with E-state index in [1.54, 1.807) is 18.3 Å². The van der Waals surface area contributed by atoms with Crippen molar-refractivity contribution in [3.63, 3.8) is 0 Å². The van der Waals surface area contributed by atoms with Crippen molar-refractivity contribution in [3.05, 3.63) is 71.0 Å². The molecule has 29 heavy (non-hydrogen) atoms. The van der Waals surface area contributed by atoms with Crippen LogP contribution in [0.1, 0.15) is 0 Å². The highest BCUT2D eigenvalue weighted by atomic mass is 35.5. The fraction of sp³-hybridized carbons (Fsp3) is 0.238. The smallest absolute Gasteiger partial charge is 0.238 e. The zero-order valence-electron chi connectivity index (χ0n) is 15.8. The molecular weight excluding hydrogens is 409 g/mol. The van der Waals surface area contributed by atoms with Crippen molar-refractivity contribution < 1.29 is 4.79 Å². The van der Waals surface area contributed by atoms with Gasteiger partial charge in [0.15, 0.2) is 0 Å². The van der Waals surface area contributed by atoms with E-state index in [4.69, 9.17) is 23.2 Å². The third-order valence-electron chi connectivity index (χ3n) is 4.84. The number of carbonyl (C=O) groups excluding carboxylic acids is 1. The number of aromatic nitrogens is 2. The van der Waals surface area contributed by atoms with Crippen molar-refractivity contribution in [3.8, 4) is 5.69 Å². The molecule has 1 amide bonds. The van der Waals surface area contributed by atoms with Gasteiger partial charge in [-0.2, -0.15) is 0 Å². The molecule has 1 N–H and O–H groups in total. The highest BCUT2D eigenvalue weighted by molar-refractivity contribution is 6.31. The summed E-state index contributed by atoms with van der Waals surface area (Å²) in [5, 5.41) is 4.19. The summed E-state index contributed by atoms with van der Waals surface area (Å²) in [6.45, 7) is 3.50. The van der Waals surface area contributed by atoms with Gasteiger partial charge in [-0.25, -0.2) is 4.98 Å². The molecule has 1 aromatic heterocycles. The number of carbonyl (C=O) groups is 1. The van der Waals surface area contributed by atoms with Gasteiger partial charge in [-0.3, -0.25) is 14.3 Å². The van der Waals surface area contributed by atoms with Gasteiger partial charge in [-0.05, 0) is 36.4 Å². The molecule has 8 heteroatoms. The minimum absolute atomic E-state index is 0.0406. The first-order chi connectivity index (χ1) is 14.1. The number of nitrogens with one attached hydrogen (secondary N) is 1. The maximum Gasteiger partial charge on any atom is 0.238 e.